The predicted octanol–water partition coefficient (Wildman–Crippen LogP) is 4.37. The zero-order valence-corrected chi connectivity index (χ0v) is 17.7. The number of nitrogens with one attached hydrogen (secondary N) is 1. The topological polar surface area (TPSA) is 71.2 Å². The minimum Gasteiger partial charge on any atom is -0.356 e. The Labute approximate surface area is 183 Å². The molecule has 1 aromatic carbocycles. The minimum absolute atomic E-state index is 0.273. The smallest absolute Gasteiger partial charge is 0.243 e. The molecule has 31 heavy (non-hydrogen) atoms. The largest absolute Gasteiger partial charge is 0.356 e. The van der Waals surface area contributed by atoms with E-state index in [-0.39, 0.29) is 11.9 Å². The molecule has 0 spiro atoms. The van der Waals surface area contributed by atoms with Gasteiger partial charge in [0.25, 0.3) is 0 Å². The molecule has 0 aliphatic carbocycles. The molecule has 3 aromatic heterocycles. The zero-order chi connectivity index (χ0) is 21.4. The first kappa shape index (κ1) is 19.7. The van der Waals surface area contributed by atoms with Crippen molar-refractivity contribution in [3.63, 3.8) is 0 Å². The van der Waals surface area contributed by atoms with Crippen LogP contribution in [0.4, 0.5) is 16.2 Å². The number of benzene rings is 1. The normalized spacial score (nSPS) is 14.9. The van der Waals surface area contributed by atoms with Crippen LogP contribution in [-0.4, -0.2) is 43.7 Å². The van der Waals surface area contributed by atoms with E-state index in [4.69, 9.17) is 11.6 Å². The zero-order valence-electron chi connectivity index (χ0n) is 17.0. The monoisotopic (exact) mass is 437 g/mol. The predicted molar refractivity (Wildman–Crippen MR) is 119 cm³/mol. The van der Waals surface area contributed by atoms with Crippen molar-refractivity contribution in [2.24, 2.45) is 0 Å². The maximum Gasteiger partial charge on any atom is 0.243 e. The number of aromatic nitrogens is 5. The van der Waals surface area contributed by atoms with Gasteiger partial charge in [-0.2, -0.15) is 4.98 Å². The van der Waals surface area contributed by atoms with E-state index < -0.39 is 0 Å². The van der Waals surface area contributed by atoms with E-state index >= 15 is 0 Å². The van der Waals surface area contributed by atoms with Gasteiger partial charge in [0, 0.05) is 42.7 Å². The summed E-state index contributed by atoms with van der Waals surface area (Å²) in [6.07, 6.45) is 5.55. The Bertz CT molecular complexity index is 1230. The molecule has 7 nitrogen and oxygen atoms in total. The minimum atomic E-state index is -0.368. The summed E-state index contributed by atoms with van der Waals surface area (Å²) in [4.78, 5) is 15.7. The third-order valence-electron chi connectivity index (χ3n) is 5.50. The maximum absolute atomic E-state index is 13.5. The standard InChI is InChI=1S/C22H21ClFN7/c1-14-25-9-6-20(26-14)30-11-7-16(8-12-30)27-22-28-21-18(3-2-10-31(21)29-22)17-5-4-15(24)13-19(17)23/h2-6,9-10,13,16H,7-8,11-12H2,1H3,(H,27,29). The number of halogens is 2. The fraction of sp³-hybridized carbons (Fsp3) is 0.273. The fourth-order valence-electron chi connectivity index (χ4n) is 3.94. The Morgan fingerprint density at radius 1 is 1.10 bits per heavy atom. The molecule has 0 saturated carbocycles. The van der Waals surface area contributed by atoms with Gasteiger partial charge in [-0.1, -0.05) is 11.6 Å². The van der Waals surface area contributed by atoms with Crippen molar-refractivity contribution in [1.29, 1.82) is 0 Å². The van der Waals surface area contributed by atoms with Crippen molar-refractivity contribution in [3.05, 3.63) is 65.5 Å². The number of hydrogen-bond donors (Lipinski definition) is 1. The van der Waals surface area contributed by atoms with Crippen molar-refractivity contribution in [2.75, 3.05) is 23.3 Å². The van der Waals surface area contributed by atoms with Crippen LogP contribution in [-0.2, 0) is 0 Å². The van der Waals surface area contributed by atoms with Gasteiger partial charge in [0.05, 0.1) is 5.02 Å². The lowest BCUT2D eigenvalue weighted by Crippen LogP contribution is -2.39. The van der Waals surface area contributed by atoms with Gasteiger partial charge in [-0.3, -0.25) is 0 Å². The number of pyridine rings is 1. The maximum atomic E-state index is 13.5. The molecule has 158 valence electrons. The van der Waals surface area contributed by atoms with Gasteiger partial charge < -0.3 is 10.2 Å². The van der Waals surface area contributed by atoms with Gasteiger partial charge in [-0.05, 0) is 56.2 Å². The molecular weight excluding hydrogens is 417 g/mol. The van der Waals surface area contributed by atoms with Gasteiger partial charge in [-0.15, -0.1) is 5.10 Å². The summed E-state index contributed by atoms with van der Waals surface area (Å²) < 4.78 is 15.2. The van der Waals surface area contributed by atoms with Crippen LogP contribution in [0.1, 0.15) is 18.7 Å². The van der Waals surface area contributed by atoms with Gasteiger partial charge in [0.1, 0.15) is 17.5 Å². The molecule has 0 unspecified atom stereocenters. The first-order valence-corrected chi connectivity index (χ1v) is 10.6. The molecule has 1 saturated heterocycles. The highest BCUT2D eigenvalue weighted by Crippen LogP contribution is 2.31. The lowest BCUT2D eigenvalue weighted by atomic mass is 10.1. The molecule has 4 aromatic rings. The Kier molecular flexibility index (Phi) is 5.15. The van der Waals surface area contributed by atoms with Crippen molar-refractivity contribution in [2.45, 2.75) is 25.8 Å². The van der Waals surface area contributed by atoms with E-state index in [1.54, 1.807) is 16.8 Å². The van der Waals surface area contributed by atoms with Gasteiger partial charge in [0.2, 0.25) is 5.95 Å². The molecule has 5 rings (SSSR count). The number of aryl methyl sites for hydroxylation is 1. The number of rotatable bonds is 4. The second-order valence-corrected chi connectivity index (χ2v) is 8.02. The van der Waals surface area contributed by atoms with E-state index in [2.05, 4.69) is 30.3 Å². The summed E-state index contributed by atoms with van der Waals surface area (Å²) in [5.41, 5.74) is 2.20. The summed E-state index contributed by atoms with van der Waals surface area (Å²) in [6, 6.07) is 10.4. The van der Waals surface area contributed by atoms with E-state index in [1.807, 2.05) is 31.3 Å². The molecule has 1 fully saturated rings. The Morgan fingerprint density at radius 3 is 2.71 bits per heavy atom. The van der Waals surface area contributed by atoms with Crippen LogP contribution in [0.5, 0.6) is 0 Å². The van der Waals surface area contributed by atoms with E-state index in [0.717, 1.165) is 48.7 Å². The summed E-state index contributed by atoms with van der Waals surface area (Å²) >= 11 is 6.27. The molecule has 1 N–H and O–H groups in total. The van der Waals surface area contributed by atoms with Gasteiger partial charge in [0.15, 0.2) is 5.65 Å². The number of piperidine rings is 1. The molecule has 0 bridgehead atoms. The van der Waals surface area contributed by atoms with Crippen molar-refractivity contribution >= 4 is 29.0 Å². The van der Waals surface area contributed by atoms with Crippen LogP contribution >= 0.6 is 11.6 Å². The average Bonchev–Trinajstić information content (AvgIpc) is 3.17. The Balaban J connectivity index is 1.33. The number of fused-ring (bicyclic) bond motifs is 1. The molecule has 0 atom stereocenters. The van der Waals surface area contributed by atoms with Crippen LogP contribution in [0, 0.1) is 12.7 Å². The molecule has 1 aliphatic heterocycles. The second-order valence-electron chi connectivity index (χ2n) is 7.62. The first-order valence-electron chi connectivity index (χ1n) is 10.2. The van der Waals surface area contributed by atoms with Crippen molar-refractivity contribution < 1.29 is 4.39 Å². The average molecular weight is 438 g/mol. The van der Waals surface area contributed by atoms with Crippen LogP contribution in [0.3, 0.4) is 0 Å². The molecule has 4 heterocycles. The number of hydrogen-bond acceptors (Lipinski definition) is 6. The summed E-state index contributed by atoms with van der Waals surface area (Å²) in [5.74, 6) is 1.95. The number of anilines is 2. The summed E-state index contributed by atoms with van der Waals surface area (Å²) in [7, 11) is 0. The lowest BCUT2D eigenvalue weighted by molar-refractivity contribution is 0.520. The molecule has 9 heteroatoms. The molecule has 0 amide bonds. The third kappa shape index (κ3) is 4.03. The number of nitrogens with zero attached hydrogens (tertiary/aromatic N) is 6. The first-order chi connectivity index (χ1) is 15.1. The Morgan fingerprint density at radius 2 is 1.94 bits per heavy atom. The Hall–Kier alpha value is -3.26. The fourth-order valence-corrected chi connectivity index (χ4v) is 4.21. The molecule has 0 radical (unpaired) electrons. The quantitative estimate of drug-likeness (QED) is 0.511. The summed E-state index contributed by atoms with van der Waals surface area (Å²) in [5, 5.41) is 8.38. The lowest BCUT2D eigenvalue weighted by Gasteiger charge is -2.32. The second kappa shape index (κ2) is 8.11. The van der Waals surface area contributed by atoms with Gasteiger partial charge in [-0.25, -0.2) is 18.9 Å². The highest BCUT2D eigenvalue weighted by molar-refractivity contribution is 6.33. The van der Waals surface area contributed by atoms with Crippen LogP contribution in [0.15, 0.2) is 48.8 Å². The van der Waals surface area contributed by atoms with E-state index in [1.165, 1.54) is 12.1 Å². The SMILES string of the molecule is Cc1nccc(N2CCC(Nc3nc4c(-c5ccc(F)cc5Cl)cccn4n3)CC2)n1. The van der Waals surface area contributed by atoms with Crippen LogP contribution in [0.2, 0.25) is 5.02 Å². The van der Waals surface area contributed by atoms with E-state index in [0.29, 0.717) is 16.6 Å². The van der Waals surface area contributed by atoms with Crippen LogP contribution in [0.25, 0.3) is 16.8 Å². The van der Waals surface area contributed by atoms with Crippen molar-refractivity contribution in [1.82, 2.24) is 24.6 Å². The van der Waals surface area contributed by atoms with Crippen LogP contribution < -0.4 is 10.2 Å². The van der Waals surface area contributed by atoms with Crippen molar-refractivity contribution in [3.8, 4) is 11.1 Å². The third-order valence-corrected chi connectivity index (χ3v) is 5.81. The summed E-state index contributed by atoms with van der Waals surface area (Å²) in [6.45, 7) is 3.70. The highest BCUT2D eigenvalue weighted by atomic mass is 35.5. The molecule has 1 aliphatic rings. The molecular formula is C22H21ClFN7. The van der Waals surface area contributed by atoms with E-state index in [9.17, 15) is 4.39 Å². The highest BCUT2D eigenvalue weighted by Gasteiger charge is 2.22. The van der Waals surface area contributed by atoms with Gasteiger partial charge >= 0.3 is 0 Å².